The second-order valence-corrected chi connectivity index (χ2v) is 9.49. The van der Waals surface area contributed by atoms with E-state index < -0.39 is 23.3 Å². The standard InChI is InChI=1S/C36H22O8/c37-29-27-21-22-28(41-34(38)24-15-7-2-8-16-24)32(43-35(39)25-17-9-3-10-18-25)31(27)42-30(23-13-5-1-6-14-23)33(29)44-36(40)26-19-11-4-12-20-26/h1-22H. The van der Waals surface area contributed by atoms with Crippen molar-refractivity contribution in [2.24, 2.45) is 0 Å². The van der Waals surface area contributed by atoms with Crippen LogP contribution < -0.4 is 19.6 Å². The molecule has 0 aliphatic heterocycles. The van der Waals surface area contributed by atoms with Gasteiger partial charge in [0.25, 0.3) is 0 Å². The highest BCUT2D eigenvalue weighted by atomic mass is 16.6. The maximum absolute atomic E-state index is 14.0. The lowest BCUT2D eigenvalue weighted by Crippen LogP contribution is -2.17. The number of carbonyl (C=O) groups excluding carboxylic acids is 3. The molecular formula is C36H22O8. The first-order chi connectivity index (χ1) is 21.5. The molecule has 0 unspecified atom stereocenters. The average molecular weight is 583 g/mol. The van der Waals surface area contributed by atoms with Crippen LogP contribution in [0, 0.1) is 0 Å². The topological polar surface area (TPSA) is 109 Å². The molecule has 0 aliphatic rings. The smallest absolute Gasteiger partial charge is 0.343 e. The Morgan fingerprint density at radius 2 is 0.909 bits per heavy atom. The van der Waals surface area contributed by atoms with E-state index in [2.05, 4.69) is 0 Å². The van der Waals surface area contributed by atoms with Crippen LogP contribution in [0.2, 0.25) is 0 Å². The van der Waals surface area contributed by atoms with Crippen molar-refractivity contribution in [3.8, 4) is 28.6 Å². The van der Waals surface area contributed by atoms with Crippen molar-refractivity contribution in [1.82, 2.24) is 0 Å². The lowest BCUT2D eigenvalue weighted by Gasteiger charge is -2.15. The van der Waals surface area contributed by atoms with Gasteiger partial charge in [0, 0.05) is 5.56 Å². The van der Waals surface area contributed by atoms with Gasteiger partial charge in [0.15, 0.2) is 17.1 Å². The molecule has 44 heavy (non-hydrogen) atoms. The summed E-state index contributed by atoms with van der Waals surface area (Å²) in [5.74, 6) is -3.16. The summed E-state index contributed by atoms with van der Waals surface area (Å²) in [5.41, 5.74) is 0.218. The van der Waals surface area contributed by atoms with Crippen LogP contribution in [0.4, 0.5) is 0 Å². The number of carbonyl (C=O) groups is 3. The first-order valence-corrected chi connectivity index (χ1v) is 13.5. The first-order valence-electron chi connectivity index (χ1n) is 13.5. The molecule has 214 valence electrons. The zero-order chi connectivity index (χ0) is 30.5. The Labute approximate surface area is 250 Å². The van der Waals surface area contributed by atoms with Crippen molar-refractivity contribution in [3.63, 3.8) is 0 Å². The van der Waals surface area contributed by atoms with Crippen molar-refractivity contribution < 1.29 is 33.0 Å². The van der Waals surface area contributed by atoms with Crippen LogP contribution in [0.3, 0.4) is 0 Å². The summed E-state index contributed by atoms with van der Waals surface area (Å²) < 4.78 is 23.3. The van der Waals surface area contributed by atoms with Crippen LogP contribution in [0.1, 0.15) is 31.1 Å². The highest BCUT2D eigenvalue weighted by Crippen LogP contribution is 2.40. The van der Waals surface area contributed by atoms with Gasteiger partial charge in [0.05, 0.1) is 22.1 Å². The predicted molar refractivity (Wildman–Crippen MR) is 162 cm³/mol. The Balaban J connectivity index is 1.54. The van der Waals surface area contributed by atoms with Crippen molar-refractivity contribution in [2.45, 2.75) is 0 Å². The number of hydrogen-bond acceptors (Lipinski definition) is 8. The van der Waals surface area contributed by atoms with Crippen LogP contribution in [-0.4, -0.2) is 17.9 Å². The minimum atomic E-state index is -0.779. The van der Waals surface area contributed by atoms with Crippen LogP contribution in [0.25, 0.3) is 22.3 Å². The Kier molecular flexibility index (Phi) is 7.79. The summed E-state index contributed by atoms with van der Waals surface area (Å²) in [6, 6.07) is 35.8. The lowest BCUT2D eigenvalue weighted by molar-refractivity contribution is 0.0683. The highest BCUT2D eigenvalue weighted by Gasteiger charge is 2.27. The fourth-order valence-electron chi connectivity index (χ4n) is 4.43. The van der Waals surface area contributed by atoms with Gasteiger partial charge in [-0.3, -0.25) is 4.79 Å². The number of esters is 3. The third-order valence-corrected chi connectivity index (χ3v) is 6.59. The van der Waals surface area contributed by atoms with Crippen molar-refractivity contribution in [1.29, 1.82) is 0 Å². The number of fused-ring (bicyclic) bond motifs is 1. The molecule has 1 heterocycles. The van der Waals surface area contributed by atoms with Gasteiger partial charge >= 0.3 is 17.9 Å². The molecule has 0 N–H and O–H groups in total. The third kappa shape index (κ3) is 5.73. The predicted octanol–water partition coefficient (Wildman–Crippen LogP) is 7.12. The monoisotopic (exact) mass is 582 g/mol. The molecule has 0 spiro atoms. The van der Waals surface area contributed by atoms with Crippen LogP contribution in [0.5, 0.6) is 17.2 Å². The van der Waals surface area contributed by atoms with Crippen LogP contribution in [-0.2, 0) is 0 Å². The Morgan fingerprint density at radius 3 is 1.41 bits per heavy atom. The maximum atomic E-state index is 14.0. The largest absolute Gasteiger partial charge is 0.448 e. The van der Waals surface area contributed by atoms with Gasteiger partial charge in [-0.15, -0.1) is 0 Å². The summed E-state index contributed by atoms with van der Waals surface area (Å²) in [4.78, 5) is 53.2. The molecule has 5 aromatic carbocycles. The summed E-state index contributed by atoms with van der Waals surface area (Å²) in [5, 5.41) is -0.0732. The van der Waals surface area contributed by atoms with E-state index in [9.17, 15) is 19.2 Å². The SMILES string of the molecule is O=C(Oc1ccc2c(=O)c(OC(=O)c3ccccc3)c(-c3ccccc3)oc2c1OC(=O)c1ccccc1)c1ccccc1. The van der Waals surface area contributed by atoms with Gasteiger partial charge in [-0.05, 0) is 48.5 Å². The summed E-state index contributed by atoms with van der Waals surface area (Å²) in [6.07, 6.45) is 0. The van der Waals surface area contributed by atoms with Gasteiger partial charge in [-0.2, -0.15) is 0 Å². The minimum Gasteiger partial charge on any atom is -0.448 e. The summed E-state index contributed by atoms with van der Waals surface area (Å²) in [7, 11) is 0. The molecule has 0 atom stereocenters. The van der Waals surface area contributed by atoms with E-state index in [-0.39, 0.29) is 50.7 Å². The molecule has 1 aromatic heterocycles. The van der Waals surface area contributed by atoms with E-state index in [4.69, 9.17) is 18.6 Å². The Morgan fingerprint density at radius 1 is 0.477 bits per heavy atom. The molecule has 8 heteroatoms. The number of benzene rings is 5. The fourth-order valence-corrected chi connectivity index (χ4v) is 4.43. The lowest BCUT2D eigenvalue weighted by atomic mass is 10.1. The average Bonchev–Trinajstić information content (AvgIpc) is 3.08. The van der Waals surface area contributed by atoms with E-state index >= 15 is 0 Å². The molecule has 0 fully saturated rings. The van der Waals surface area contributed by atoms with Crippen molar-refractivity contribution >= 4 is 28.9 Å². The zero-order valence-corrected chi connectivity index (χ0v) is 23.0. The normalized spacial score (nSPS) is 10.6. The zero-order valence-electron chi connectivity index (χ0n) is 23.0. The summed E-state index contributed by atoms with van der Waals surface area (Å²) in [6.45, 7) is 0. The van der Waals surface area contributed by atoms with Gasteiger partial charge < -0.3 is 18.6 Å². The van der Waals surface area contributed by atoms with E-state index in [1.54, 1.807) is 121 Å². The van der Waals surface area contributed by atoms with Crippen molar-refractivity contribution in [2.75, 3.05) is 0 Å². The van der Waals surface area contributed by atoms with E-state index in [0.717, 1.165) is 0 Å². The molecule has 0 saturated carbocycles. The Hall–Kier alpha value is -6.28. The molecule has 0 bridgehead atoms. The second-order valence-electron chi connectivity index (χ2n) is 9.49. The Bertz CT molecular complexity index is 2040. The molecule has 8 nitrogen and oxygen atoms in total. The molecule has 0 aliphatic carbocycles. The van der Waals surface area contributed by atoms with Gasteiger partial charge in [0.1, 0.15) is 0 Å². The van der Waals surface area contributed by atoms with Gasteiger partial charge in [-0.1, -0.05) is 84.9 Å². The number of hydrogen-bond donors (Lipinski definition) is 0. The van der Waals surface area contributed by atoms with Gasteiger partial charge in [-0.25, -0.2) is 14.4 Å². The van der Waals surface area contributed by atoms with E-state index in [0.29, 0.717) is 5.56 Å². The van der Waals surface area contributed by atoms with Crippen LogP contribution in [0.15, 0.2) is 143 Å². The summed E-state index contributed by atoms with van der Waals surface area (Å²) >= 11 is 0. The molecule has 6 aromatic rings. The molecule has 0 radical (unpaired) electrons. The quantitative estimate of drug-likeness (QED) is 0.145. The fraction of sp³-hybridized carbons (Fsp3) is 0. The second kappa shape index (κ2) is 12.3. The third-order valence-electron chi connectivity index (χ3n) is 6.59. The van der Waals surface area contributed by atoms with Crippen LogP contribution >= 0.6 is 0 Å². The molecule has 6 rings (SSSR count). The van der Waals surface area contributed by atoms with Crippen molar-refractivity contribution in [3.05, 3.63) is 160 Å². The van der Waals surface area contributed by atoms with E-state index in [1.165, 1.54) is 12.1 Å². The molecule has 0 saturated heterocycles. The molecule has 0 amide bonds. The minimum absolute atomic E-state index is 0.0732. The maximum Gasteiger partial charge on any atom is 0.343 e. The number of ether oxygens (including phenoxy) is 3. The van der Waals surface area contributed by atoms with E-state index in [1.807, 2.05) is 0 Å². The number of rotatable bonds is 7. The highest BCUT2D eigenvalue weighted by molar-refractivity contribution is 5.98. The first kappa shape index (κ1) is 27.9. The molecular weight excluding hydrogens is 560 g/mol. The van der Waals surface area contributed by atoms with Gasteiger partial charge in [0.2, 0.25) is 16.9 Å².